The molecule has 2 aromatic carbocycles. The van der Waals surface area contributed by atoms with Crippen molar-refractivity contribution < 1.29 is 9.90 Å². The molecule has 4 rings (SSSR count). The van der Waals surface area contributed by atoms with Crippen molar-refractivity contribution in [2.45, 2.75) is 51.0 Å². The van der Waals surface area contributed by atoms with Gasteiger partial charge < -0.3 is 15.4 Å². The Kier molecular flexibility index (Phi) is 6.69. The number of aromatic amines is 1. The molecule has 1 aliphatic rings. The number of allylic oxidation sites excluding steroid dienone is 1. The number of H-pyrrole nitrogens is 1. The summed E-state index contributed by atoms with van der Waals surface area (Å²) < 4.78 is 0. The molecular weight excluding hydrogens is 402 g/mol. The predicted molar refractivity (Wildman–Crippen MR) is 127 cm³/mol. The third kappa shape index (κ3) is 5.07. The Morgan fingerprint density at radius 1 is 1.22 bits per heavy atom. The Labute approximate surface area is 187 Å². The van der Waals surface area contributed by atoms with Crippen LogP contribution >= 0.6 is 0 Å². The van der Waals surface area contributed by atoms with Crippen LogP contribution in [0.1, 0.15) is 67.9 Å². The number of aromatic nitrogens is 2. The van der Waals surface area contributed by atoms with Gasteiger partial charge in [-0.1, -0.05) is 67.5 Å². The zero-order valence-electron chi connectivity index (χ0n) is 18.3. The van der Waals surface area contributed by atoms with Crippen molar-refractivity contribution in [3.05, 3.63) is 81.9 Å². The van der Waals surface area contributed by atoms with E-state index in [2.05, 4.69) is 51.7 Å². The van der Waals surface area contributed by atoms with Crippen molar-refractivity contribution >= 4 is 23.1 Å². The minimum absolute atomic E-state index is 0.258. The highest BCUT2D eigenvalue weighted by atomic mass is 16.4. The van der Waals surface area contributed by atoms with E-state index in [0.717, 1.165) is 12.0 Å². The first-order chi connectivity index (χ1) is 15.5. The number of hydrogen-bond donors (Lipinski definition) is 3. The normalized spacial score (nSPS) is 19.8. The second-order valence-electron chi connectivity index (χ2n) is 8.64. The maximum atomic E-state index is 12.8. The summed E-state index contributed by atoms with van der Waals surface area (Å²) in [6.45, 7) is 1.65. The summed E-state index contributed by atoms with van der Waals surface area (Å²) >= 11 is 0. The third-order valence-electron chi connectivity index (χ3n) is 6.36. The van der Waals surface area contributed by atoms with Gasteiger partial charge in [0.05, 0.1) is 16.9 Å². The number of carbonyl (C=O) groups is 1. The van der Waals surface area contributed by atoms with Crippen LogP contribution in [0.25, 0.3) is 17.0 Å². The zero-order chi connectivity index (χ0) is 22.5. The van der Waals surface area contributed by atoms with Crippen LogP contribution in [-0.4, -0.2) is 21.2 Å². The van der Waals surface area contributed by atoms with Crippen molar-refractivity contribution in [2.75, 3.05) is 0 Å². The molecule has 1 saturated carbocycles. The quantitative estimate of drug-likeness (QED) is 0.471. The van der Waals surface area contributed by atoms with E-state index in [1.165, 1.54) is 31.2 Å². The van der Waals surface area contributed by atoms with Crippen molar-refractivity contribution in [1.29, 1.82) is 0 Å². The molecule has 3 atom stereocenters. The molecule has 166 valence electrons. The van der Waals surface area contributed by atoms with Crippen LogP contribution < -0.4 is 10.9 Å². The van der Waals surface area contributed by atoms with Gasteiger partial charge in [-0.2, -0.15) is 0 Å². The molecular formula is C26H29N3O3. The minimum Gasteiger partial charge on any atom is -0.465 e. The molecule has 1 amide bonds. The summed E-state index contributed by atoms with van der Waals surface area (Å²) in [6, 6.07) is 15.8. The van der Waals surface area contributed by atoms with Gasteiger partial charge in [-0.05, 0) is 55.2 Å². The van der Waals surface area contributed by atoms with Gasteiger partial charge in [0.25, 0.3) is 5.56 Å². The average molecular weight is 432 g/mol. The van der Waals surface area contributed by atoms with Crippen molar-refractivity contribution in [3.63, 3.8) is 0 Å². The van der Waals surface area contributed by atoms with Crippen LogP contribution in [0.4, 0.5) is 4.79 Å². The molecule has 6 nitrogen and oxygen atoms in total. The standard InChI is InChI=1S/C26H29N3O3/c1-17(27-26(31)32)24-28-22-15-7-13-20(23(22)25(30)29-24)12-5-8-18-9-6-14-21(16-18)19-10-3-2-4-11-19/h2-5,7,10-13,15,17-18,21,27H,6,8-9,14,16H2,1H3,(H,31,32)(H,28,29,30). The highest BCUT2D eigenvalue weighted by molar-refractivity contribution is 5.87. The van der Waals surface area contributed by atoms with Gasteiger partial charge >= 0.3 is 6.09 Å². The lowest BCUT2D eigenvalue weighted by Gasteiger charge is -2.28. The van der Waals surface area contributed by atoms with E-state index in [1.807, 2.05) is 18.2 Å². The summed E-state index contributed by atoms with van der Waals surface area (Å²) in [4.78, 5) is 30.9. The average Bonchev–Trinajstić information content (AvgIpc) is 2.79. The number of rotatable bonds is 6. The fourth-order valence-corrected chi connectivity index (χ4v) is 4.75. The maximum Gasteiger partial charge on any atom is 0.405 e. The Morgan fingerprint density at radius 2 is 2.03 bits per heavy atom. The van der Waals surface area contributed by atoms with Crippen LogP contribution in [0.15, 0.2) is 59.4 Å². The van der Waals surface area contributed by atoms with Crippen LogP contribution in [0.2, 0.25) is 0 Å². The van der Waals surface area contributed by atoms with E-state index in [9.17, 15) is 9.59 Å². The van der Waals surface area contributed by atoms with E-state index >= 15 is 0 Å². The second kappa shape index (κ2) is 9.81. The molecule has 0 saturated heterocycles. The lowest BCUT2D eigenvalue weighted by atomic mass is 9.77. The molecule has 1 fully saturated rings. The monoisotopic (exact) mass is 431 g/mol. The van der Waals surface area contributed by atoms with E-state index < -0.39 is 12.1 Å². The Balaban J connectivity index is 1.49. The molecule has 6 heteroatoms. The van der Waals surface area contributed by atoms with Gasteiger partial charge in [-0.3, -0.25) is 4.79 Å². The van der Waals surface area contributed by atoms with Gasteiger partial charge in [0.1, 0.15) is 5.82 Å². The lowest BCUT2D eigenvalue weighted by molar-refractivity contribution is 0.190. The Hall–Kier alpha value is -3.41. The molecule has 3 N–H and O–H groups in total. The van der Waals surface area contributed by atoms with E-state index in [4.69, 9.17) is 5.11 Å². The Morgan fingerprint density at radius 3 is 2.81 bits per heavy atom. The topological polar surface area (TPSA) is 95.1 Å². The molecule has 32 heavy (non-hydrogen) atoms. The predicted octanol–water partition coefficient (Wildman–Crippen LogP) is 5.63. The molecule has 1 heterocycles. The van der Waals surface area contributed by atoms with E-state index in [1.54, 1.807) is 13.0 Å². The number of amides is 1. The first-order valence-corrected chi connectivity index (χ1v) is 11.2. The number of carboxylic acid groups (broad SMARTS) is 1. The summed E-state index contributed by atoms with van der Waals surface area (Å²) in [6.07, 6.45) is 8.97. The van der Waals surface area contributed by atoms with Crippen molar-refractivity contribution in [1.82, 2.24) is 15.3 Å². The van der Waals surface area contributed by atoms with Gasteiger partial charge in [0.15, 0.2) is 0 Å². The summed E-state index contributed by atoms with van der Waals surface area (Å²) in [5, 5.41) is 11.8. The number of fused-ring (bicyclic) bond motifs is 1. The summed E-state index contributed by atoms with van der Waals surface area (Å²) in [5.41, 5.74) is 2.57. The molecule has 0 spiro atoms. The van der Waals surface area contributed by atoms with Crippen molar-refractivity contribution in [2.24, 2.45) is 5.92 Å². The highest BCUT2D eigenvalue weighted by Crippen LogP contribution is 2.37. The summed E-state index contributed by atoms with van der Waals surface area (Å²) in [7, 11) is 0. The second-order valence-corrected chi connectivity index (χ2v) is 8.64. The summed E-state index contributed by atoms with van der Waals surface area (Å²) in [5.74, 6) is 1.58. The number of nitrogens with one attached hydrogen (secondary N) is 2. The fourth-order valence-electron chi connectivity index (χ4n) is 4.75. The van der Waals surface area contributed by atoms with Crippen LogP contribution in [0.5, 0.6) is 0 Å². The van der Waals surface area contributed by atoms with Crippen molar-refractivity contribution in [3.8, 4) is 0 Å². The minimum atomic E-state index is -1.16. The molecule has 3 aromatic rings. The molecule has 1 aromatic heterocycles. The van der Waals surface area contributed by atoms with E-state index in [0.29, 0.717) is 28.6 Å². The maximum absolute atomic E-state index is 12.8. The zero-order valence-corrected chi connectivity index (χ0v) is 18.3. The van der Waals surface area contributed by atoms with Gasteiger partial charge in [0.2, 0.25) is 0 Å². The molecule has 1 aliphatic carbocycles. The largest absolute Gasteiger partial charge is 0.465 e. The Bertz CT molecular complexity index is 1170. The number of benzene rings is 2. The lowest BCUT2D eigenvalue weighted by Crippen LogP contribution is -2.28. The third-order valence-corrected chi connectivity index (χ3v) is 6.36. The number of hydrogen-bond acceptors (Lipinski definition) is 3. The van der Waals surface area contributed by atoms with Gasteiger partial charge in [-0.25, -0.2) is 9.78 Å². The van der Waals surface area contributed by atoms with Crippen LogP contribution in [0.3, 0.4) is 0 Å². The number of nitrogens with zero attached hydrogens (tertiary/aromatic N) is 1. The molecule has 0 aliphatic heterocycles. The first-order valence-electron chi connectivity index (χ1n) is 11.2. The van der Waals surface area contributed by atoms with E-state index in [-0.39, 0.29) is 5.56 Å². The van der Waals surface area contributed by atoms with Crippen LogP contribution in [0, 0.1) is 5.92 Å². The highest BCUT2D eigenvalue weighted by Gasteiger charge is 2.22. The van der Waals surface area contributed by atoms with Crippen LogP contribution in [-0.2, 0) is 0 Å². The first kappa shape index (κ1) is 21.8. The SMILES string of the molecule is CC(NC(=O)O)c1nc2cccc(C=CCC3CCCC(c4ccccc4)C3)c2c(=O)[nH]1. The van der Waals surface area contributed by atoms with Gasteiger partial charge in [0, 0.05) is 0 Å². The fraction of sp³-hybridized carbons (Fsp3) is 0.346. The molecule has 0 radical (unpaired) electrons. The molecule has 0 bridgehead atoms. The van der Waals surface area contributed by atoms with Gasteiger partial charge in [-0.15, -0.1) is 0 Å². The molecule has 3 unspecified atom stereocenters. The smallest absolute Gasteiger partial charge is 0.405 e.